The molecule has 2 aromatic heterocycles. The van der Waals surface area contributed by atoms with Gasteiger partial charge in [0.2, 0.25) is 0 Å². The lowest BCUT2D eigenvalue weighted by molar-refractivity contribution is 0.0476. The molecule has 2 aliphatic heterocycles. The van der Waals surface area contributed by atoms with Crippen molar-refractivity contribution in [3.8, 4) is 0 Å². The third-order valence-electron chi connectivity index (χ3n) is 4.84. The number of likely N-dealkylation sites (tertiary alicyclic amines) is 1. The number of carbonyl (C=O) groups is 1. The van der Waals surface area contributed by atoms with E-state index < -0.39 is 0 Å². The van der Waals surface area contributed by atoms with E-state index in [1.807, 2.05) is 17.9 Å². The molecule has 1 amide bonds. The number of hydrogen-bond acceptors (Lipinski definition) is 5. The minimum absolute atomic E-state index is 0.0239. The highest BCUT2D eigenvalue weighted by Gasteiger charge is 2.39. The van der Waals surface area contributed by atoms with E-state index in [0.717, 1.165) is 38.5 Å². The Morgan fingerprint density at radius 3 is 2.96 bits per heavy atom. The van der Waals surface area contributed by atoms with Crippen molar-refractivity contribution in [3.63, 3.8) is 0 Å². The molecule has 0 unspecified atom stereocenters. The standard InChI is InChI=1S/C18H22N2O3S/c1-13-2-3-16(23-13)18(21)20-10-15-9-19(5-6-22-17(15)11-20)8-14-4-7-24-12-14/h2-4,7,12,15,17H,5-6,8-11H2,1H3/t15-,17+/m0/s1. The Kier molecular flexibility index (Phi) is 4.43. The van der Waals surface area contributed by atoms with Gasteiger partial charge >= 0.3 is 0 Å². The molecule has 0 aliphatic carbocycles. The second-order valence-corrected chi connectivity index (χ2v) is 7.44. The first-order valence-corrected chi connectivity index (χ1v) is 9.34. The molecule has 0 radical (unpaired) electrons. The first kappa shape index (κ1) is 15.9. The maximum absolute atomic E-state index is 12.6. The van der Waals surface area contributed by atoms with Crippen LogP contribution in [0.25, 0.3) is 0 Å². The summed E-state index contributed by atoms with van der Waals surface area (Å²) in [5, 5.41) is 4.32. The molecule has 6 heteroatoms. The van der Waals surface area contributed by atoms with Crippen molar-refractivity contribution in [2.24, 2.45) is 5.92 Å². The summed E-state index contributed by atoms with van der Waals surface area (Å²) in [5.74, 6) is 1.54. The summed E-state index contributed by atoms with van der Waals surface area (Å²) < 4.78 is 11.5. The number of hydrogen-bond donors (Lipinski definition) is 0. The van der Waals surface area contributed by atoms with Crippen LogP contribution >= 0.6 is 11.3 Å². The lowest BCUT2D eigenvalue weighted by Crippen LogP contribution is -2.33. The highest BCUT2D eigenvalue weighted by Crippen LogP contribution is 2.26. The highest BCUT2D eigenvalue weighted by atomic mass is 32.1. The molecular weight excluding hydrogens is 324 g/mol. The first-order valence-electron chi connectivity index (χ1n) is 8.40. The summed E-state index contributed by atoms with van der Waals surface area (Å²) in [6, 6.07) is 5.77. The Balaban J connectivity index is 1.41. The van der Waals surface area contributed by atoms with Gasteiger partial charge in [-0.1, -0.05) is 0 Å². The molecular formula is C18H22N2O3S. The van der Waals surface area contributed by atoms with Crippen molar-refractivity contribution in [2.45, 2.75) is 19.6 Å². The number of fused-ring (bicyclic) bond motifs is 1. The lowest BCUT2D eigenvalue weighted by atomic mass is 10.1. The summed E-state index contributed by atoms with van der Waals surface area (Å²) >= 11 is 1.74. The molecule has 4 rings (SSSR count). The zero-order chi connectivity index (χ0) is 16.5. The zero-order valence-electron chi connectivity index (χ0n) is 13.8. The van der Waals surface area contributed by atoms with Crippen LogP contribution in [-0.2, 0) is 11.3 Å². The predicted octanol–water partition coefficient (Wildman–Crippen LogP) is 2.62. The van der Waals surface area contributed by atoms with E-state index >= 15 is 0 Å². The number of thiophene rings is 1. The van der Waals surface area contributed by atoms with E-state index in [2.05, 4.69) is 21.7 Å². The molecule has 5 nitrogen and oxygen atoms in total. The van der Waals surface area contributed by atoms with Crippen molar-refractivity contribution in [2.75, 3.05) is 32.8 Å². The van der Waals surface area contributed by atoms with Crippen LogP contribution in [0.15, 0.2) is 33.4 Å². The molecule has 2 atom stereocenters. The SMILES string of the molecule is Cc1ccc(C(=O)N2C[C@@H]3CN(Cc4ccsc4)CCO[C@@H]3C2)o1. The van der Waals surface area contributed by atoms with Gasteiger partial charge in [0.25, 0.3) is 5.91 Å². The van der Waals surface area contributed by atoms with Crippen LogP contribution in [0.1, 0.15) is 21.9 Å². The summed E-state index contributed by atoms with van der Waals surface area (Å²) in [6.45, 7) is 6.87. The predicted molar refractivity (Wildman–Crippen MR) is 92.2 cm³/mol. The average molecular weight is 346 g/mol. The van der Waals surface area contributed by atoms with Crippen LogP contribution in [0.3, 0.4) is 0 Å². The highest BCUT2D eigenvalue weighted by molar-refractivity contribution is 7.07. The number of carbonyl (C=O) groups excluding carboxylic acids is 1. The number of ether oxygens (including phenoxy) is 1. The van der Waals surface area contributed by atoms with Gasteiger partial charge in [-0.2, -0.15) is 11.3 Å². The summed E-state index contributed by atoms with van der Waals surface area (Å²) in [5.41, 5.74) is 1.36. The Hall–Kier alpha value is -1.63. The van der Waals surface area contributed by atoms with Crippen molar-refractivity contribution >= 4 is 17.2 Å². The monoisotopic (exact) mass is 346 g/mol. The summed E-state index contributed by atoms with van der Waals surface area (Å²) in [4.78, 5) is 16.9. The quantitative estimate of drug-likeness (QED) is 0.857. The third kappa shape index (κ3) is 3.27. The number of aryl methyl sites for hydroxylation is 1. The maximum atomic E-state index is 12.6. The number of rotatable bonds is 3. The van der Waals surface area contributed by atoms with Gasteiger partial charge in [0.15, 0.2) is 5.76 Å². The molecule has 2 saturated heterocycles. The van der Waals surface area contributed by atoms with Crippen molar-refractivity contribution in [3.05, 3.63) is 46.0 Å². The van der Waals surface area contributed by atoms with Crippen LogP contribution in [0.5, 0.6) is 0 Å². The molecule has 0 saturated carbocycles. The minimum atomic E-state index is -0.0239. The summed E-state index contributed by atoms with van der Waals surface area (Å²) in [6.07, 6.45) is 0.137. The van der Waals surface area contributed by atoms with Gasteiger partial charge in [0, 0.05) is 38.6 Å². The van der Waals surface area contributed by atoms with Crippen LogP contribution < -0.4 is 0 Å². The molecule has 4 heterocycles. The molecule has 0 aromatic carbocycles. The number of amides is 1. The first-order chi connectivity index (χ1) is 11.7. The molecule has 24 heavy (non-hydrogen) atoms. The van der Waals surface area contributed by atoms with Gasteiger partial charge in [0.05, 0.1) is 12.7 Å². The number of furan rings is 1. The molecule has 0 N–H and O–H groups in total. The fraction of sp³-hybridized carbons (Fsp3) is 0.500. The fourth-order valence-electron chi connectivity index (χ4n) is 3.62. The molecule has 2 aromatic rings. The van der Waals surface area contributed by atoms with Crippen molar-refractivity contribution in [1.82, 2.24) is 9.80 Å². The molecule has 2 fully saturated rings. The second-order valence-electron chi connectivity index (χ2n) is 6.66. The smallest absolute Gasteiger partial charge is 0.289 e. The Morgan fingerprint density at radius 2 is 2.21 bits per heavy atom. The topological polar surface area (TPSA) is 45.9 Å². The molecule has 0 bridgehead atoms. The number of nitrogens with zero attached hydrogens (tertiary/aromatic N) is 2. The van der Waals surface area contributed by atoms with Gasteiger partial charge in [-0.3, -0.25) is 9.69 Å². The van der Waals surface area contributed by atoms with Crippen LogP contribution in [0, 0.1) is 12.8 Å². The summed E-state index contributed by atoms with van der Waals surface area (Å²) in [7, 11) is 0. The lowest BCUT2D eigenvalue weighted by Gasteiger charge is -2.22. The molecule has 0 spiro atoms. The van der Waals surface area contributed by atoms with Crippen LogP contribution in [0.2, 0.25) is 0 Å². The molecule has 128 valence electrons. The van der Waals surface area contributed by atoms with Crippen LogP contribution in [0.4, 0.5) is 0 Å². The Morgan fingerprint density at radius 1 is 1.29 bits per heavy atom. The van der Waals surface area contributed by atoms with Gasteiger partial charge in [0.1, 0.15) is 5.76 Å². The van der Waals surface area contributed by atoms with E-state index in [4.69, 9.17) is 9.15 Å². The van der Waals surface area contributed by atoms with Gasteiger partial charge in [-0.05, 0) is 41.4 Å². The minimum Gasteiger partial charge on any atom is -0.456 e. The van der Waals surface area contributed by atoms with Gasteiger partial charge < -0.3 is 14.1 Å². The molecule has 2 aliphatic rings. The Bertz CT molecular complexity index is 697. The van der Waals surface area contributed by atoms with Gasteiger partial charge in [-0.15, -0.1) is 0 Å². The van der Waals surface area contributed by atoms with Crippen molar-refractivity contribution in [1.29, 1.82) is 0 Å². The third-order valence-corrected chi connectivity index (χ3v) is 5.57. The van der Waals surface area contributed by atoms with E-state index in [9.17, 15) is 4.79 Å². The van der Waals surface area contributed by atoms with E-state index in [0.29, 0.717) is 18.2 Å². The largest absolute Gasteiger partial charge is 0.456 e. The van der Waals surface area contributed by atoms with E-state index in [1.54, 1.807) is 17.4 Å². The van der Waals surface area contributed by atoms with Crippen LogP contribution in [-0.4, -0.2) is 54.6 Å². The van der Waals surface area contributed by atoms with Gasteiger partial charge in [-0.25, -0.2) is 0 Å². The normalized spacial score (nSPS) is 24.8. The maximum Gasteiger partial charge on any atom is 0.289 e. The second kappa shape index (κ2) is 6.70. The van der Waals surface area contributed by atoms with E-state index in [1.165, 1.54) is 5.56 Å². The fourth-order valence-corrected chi connectivity index (χ4v) is 4.28. The average Bonchev–Trinajstić information content (AvgIpc) is 3.28. The zero-order valence-corrected chi connectivity index (χ0v) is 14.6. The Labute approximate surface area is 145 Å². The van der Waals surface area contributed by atoms with E-state index in [-0.39, 0.29) is 12.0 Å². The van der Waals surface area contributed by atoms with Crippen molar-refractivity contribution < 1.29 is 13.9 Å².